The van der Waals surface area contributed by atoms with Crippen LogP contribution in [0.1, 0.15) is 18.1 Å². The molecule has 0 aromatic heterocycles. The third-order valence-electron chi connectivity index (χ3n) is 2.48. The fourth-order valence-electron chi connectivity index (χ4n) is 1.61. The van der Waals surface area contributed by atoms with E-state index in [0.29, 0.717) is 13.2 Å². The number of carbonyl (C=O) groups is 2. The Bertz CT molecular complexity index is 432. The van der Waals surface area contributed by atoms with Gasteiger partial charge >= 0.3 is 12.0 Å². The lowest BCUT2D eigenvalue weighted by atomic mass is 10.1. The molecule has 1 aromatic rings. The Labute approximate surface area is 113 Å². The molecule has 0 aliphatic carbocycles. The summed E-state index contributed by atoms with van der Waals surface area (Å²) < 4.78 is 4.70. The molecule has 5 nitrogen and oxygen atoms in total. The minimum Gasteiger partial charge on any atom is -0.465 e. The zero-order valence-corrected chi connectivity index (χ0v) is 11.4. The van der Waals surface area contributed by atoms with Crippen molar-refractivity contribution in [2.45, 2.75) is 20.3 Å². The lowest BCUT2D eigenvalue weighted by Gasteiger charge is -2.07. The maximum atomic E-state index is 11.4. The van der Waals surface area contributed by atoms with Gasteiger partial charge in [-0.3, -0.25) is 4.79 Å². The summed E-state index contributed by atoms with van der Waals surface area (Å²) in [5, 5.41) is 5.13. The Morgan fingerprint density at radius 1 is 1.26 bits per heavy atom. The van der Waals surface area contributed by atoms with Gasteiger partial charge in [-0.2, -0.15) is 0 Å². The fraction of sp³-hybridized carbons (Fsp3) is 0.429. The van der Waals surface area contributed by atoms with Crippen molar-refractivity contribution >= 4 is 12.0 Å². The second-order valence-corrected chi connectivity index (χ2v) is 4.15. The average molecular weight is 264 g/mol. The largest absolute Gasteiger partial charge is 0.465 e. The van der Waals surface area contributed by atoms with Crippen LogP contribution in [-0.2, 0) is 16.0 Å². The van der Waals surface area contributed by atoms with Crippen LogP contribution >= 0.6 is 0 Å². The van der Waals surface area contributed by atoms with E-state index in [1.165, 1.54) is 11.1 Å². The van der Waals surface area contributed by atoms with E-state index in [0.717, 1.165) is 6.42 Å². The van der Waals surface area contributed by atoms with Crippen LogP contribution in [0.5, 0.6) is 0 Å². The maximum absolute atomic E-state index is 11.4. The van der Waals surface area contributed by atoms with Gasteiger partial charge in [-0.15, -0.1) is 0 Å². The van der Waals surface area contributed by atoms with E-state index >= 15 is 0 Å². The van der Waals surface area contributed by atoms with Gasteiger partial charge in [0.2, 0.25) is 0 Å². The molecule has 0 bridgehead atoms. The number of benzene rings is 1. The van der Waals surface area contributed by atoms with Crippen LogP contribution in [0.25, 0.3) is 0 Å². The number of esters is 1. The fourth-order valence-corrected chi connectivity index (χ4v) is 1.61. The van der Waals surface area contributed by atoms with Crippen molar-refractivity contribution in [1.29, 1.82) is 0 Å². The SMILES string of the molecule is CCOC(=O)CNC(=O)NCCc1cccc(C)c1. The molecule has 0 aliphatic heterocycles. The molecule has 0 aliphatic rings. The van der Waals surface area contributed by atoms with E-state index < -0.39 is 5.97 Å². The normalized spacial score (nSPS) is 9.79. The number of aryl methyl sites for hydroxylation is 1. The van der Waals surface area contributed by atoms with Crippen LogP contribution in [0, 0.1) is 6.92 Å². The summed E-state index contributed by atoms with van der Waals surface area (Å²) in [6, 6.07) is 7.76. The first kappa shape index (κ1) is 15.0. The van der Waals surface area contributed by atoms with Gasteiger partial charge in [-0.25, -0.2) is 4.79 Å². The summed E-state index contributed by atoms with van der Waals surface area (Å²) in [5.41, 5.74) is 2.37. The molecule has 0 fully saturated rings. The Morgan fingerprint density at radius 3 is 2.74 bits per heavy atom. The predicted octanol–water partition coefficient (Wildman–Crippen LogP) is 1.40. The van der Waals surface area contributed by atoms with E-state index in [9.17, 15) is 9.59 Å². The summed E-state index contributed by atoms with van der Waals surface area (Å²) in [4.78, 5) is 22.4. The van der Waals surface area contributed by atoms with Crippen molar-refractivity contribution in [3.8, 4) is 0 Å². The zero-order chi connectivity index (χ0) is 14.1. The van der Waals surface area contributed by atoms with Gasteiger partial charge in [0, 0.05) is 6.54 Å². The first-order valence-electron chi connectivity index (χ1n) is 6.34. The molecule has 1 rings (SSSR count). The van der Waals surface area contributed by atoms with Crippen LogP contribution in [0.3, 0.4) is 0 Å². The van der Waals surface area contributed by atoms with Gasteiger partial charge in [0.05, 0.1) is 6.61 Å². The Morgan fingerprint density at radius 2 is 2.05 bits per heavy atom. The van der Waals surface area contributed by atoms with Crippen molar-refractivity contribution in [2.24, 2.45) is 0 Å². The summed E-state index contributed by atoms with van der Waals surface area (Å²) in [6.45, 7) is 4.49. The van der Waals surface area contributed by atoms with Crippen LogP contribution in [-0.4, -0.2) is 31.7 Å². The minimum absolute atomic E-state index is 0.107. The predicted molar refractivity (Wildman–Crippen MR) is 72.9 cm³/mol. The molecule has 104 valence electrons. The highest BCUT2D eigenvalue weighted by molar-refractivity contribution is 5.80. The van der Waals surface area contributed by atoms with Crippen molar-refractivity contribution in [3.05, 3.63) is 35.4 Å². The summed E-state index contributed by atoms with van der Waals surface area (Å²) >= 11 is 0. The van der Waals surface area contributed by atoms with Gasteiger partial charge in [0.15, 0.2) is 0 Å². The number of urea groups is 1. The summed E-state index contributed by atoms with van der Waals surface area (Å²) in [6.07, 6.45) is 0.758. The summed E-state index contributed by atoms with van der Waals surface area (Å²) in [5.74, 6) is -0.434. The molecule has 0 spiro atoms. The molecular weight excluding hydrogens is 244 g/mol. The Hall–Kier alpha value is -2.04. The van der Waals surface area contributed by atoms with Gasteiger partial charge in [-0.05, 0) is 25.8 Å². The number of ether oxygens (including phenoxy) is 1. The average Bonchev–Trinajstić information content (AvgIpc) is 2.37. The molecule has 0 saturated heterocycles. The number of amides is 2. The van der Waals surface area contributed by atoms with Crippen LogP contribution in [0.15, 0.2) is 24.3 Å². The monoisotopic (exact) mass is 264 g/mol. The molecule has 2 amide bonds. The second-order valence-electron chi connectivity index (χ2n) is 4.15. The zero-order valence-electron chi connectivity index (χ0n) is 11.4. The standard InChI is InChI=1S/C14H20N2O3/c1-3-19-13(17)10-16-14(18)15-8-7-12-6-4-5-11(2)9-12/h4-6,9H,3,7-8,10H2,1-2H3,(H2,15,16,18). The number of carbonyl (C=O) groups excluding carboxylic acids is 2. The van der Waals surface area contributed by atoms with E-state index in [-0.39, 0.29) is 12.6 Å². The molecule has 0 atom stereocenters. The molecule has 0 heterocycles. The lowest BCUT2D eigenvalue weighted by molar-refractivity contribution is -0.141. The first-order chi connectivity index (χ1) is 9.11. The molecule has 0 unspecified atom stereocenters. The number of rotatable bonds is 6. The van der Waals surface area contributed by atoms with Gasteiger partial charge in [-0.1, -0.05) is 29.8 Å². The highest BCUT2D eigenvalue weighted by Crippen LogP contribution is 2.03. The van der Waals surface area contributed by atoms with Crippen LogP contribution in [0.2, 0.25) is 0 Å². The maximum Gasteiger partial charge on any atom is 0.325 e. The second kappa shape index (κ2) is 8.13. The van der Waals surface area contributed by atoms with Crippen LogP contribution < -0.4 is 10.6 Å². The Balaban J connectivity index is 2.18. The highest BCUT2D eigenvalue weighted by atomic mass is 16.5. The van der Waals surface area contributed by atoms with Crippen molar-refractivity contribution in [2.75, 3.05) is 19.7 Å². The van der Waals surface area contributed by atoms with Gasteiger partial charge < -0.3 is 15.4 Å². The first-order valence-corrected chi connectivity index (χ1v) is 6.34. The summed E-state index contributed by atoms with van der Waals surface area (Å²) in [7, 11) is 0. The van der Waals surface area contributed by atoms with Crippen molar-refractivity contribution in [1.82, 2.24) is 10.6 Å². The number of nitrogens with one attached hydrogen (secondary N) is 2. The van der Waals surface area contributed by atoms with E-state index in [1.54, 1.807) is 6.92 Å². The van der Waals surface area contributed by atoms with Crippen molar-refractivity contribution < 1.29 is 14.3 Å². The van der Waals surface area contributed by atoms with Gasteiger partial charge in [0.25, 0.3) is 0 Å². The van der Waals surface area contributed by atoms with E-state index in [1.807, 2.05) is 25.1 Å². The smallest absolute Gasteiger partial charge is 0.325 e. The van der Waals surface area contributed by atoms with Crippen LogP contribution in [0.4, 0.5) is 4.79 Å². The molecule has 0 radical (unpaired) electrons. The molecule has 19 heavy (non-hydrogen) atoms. The molecule has 1 aromatic carbocycles. The Kier molecular flexibility index (Phi) is 6.43. The van der Waals surface area contributed by atoms with E-state index in [4.69, 9.17) is 4.74 Å². The quantitative estimate of drug-likeness (QED) is 0.763. The highest BCUT2D eigenvalue weighted by Gasteiger charge is 2.04. The lowest BCUT2D eigenvalue weighted by Crippen LogP contribution is -2.39. The third-order valence-corrected chi connectivity index (χ3v) is 2.48. The van der Waals surface area contributed by atoms with Gasteiger partial charge in [0.1, 0.15) is 6.54 Å². The number of hydrogen-bond donors (Lipinski definition) is 2. The van der Waals surface area contributed by atoms with Crippen molar-refractivity contribution in [3.63, 3.8) is 0 Å². The minimum atomic E-state index is -0.434. The third kappa shape index (κ3) is 6.45. The molecule has 2 N–H and O–H groups in total. The molecular formula is C14H20N2O3. The topological polar surface area (TPSA) is 67.4 Å². The number of hydrogen-bond acceptors (Lipinski definition) is 3. The molecule has 0 saturated carbocycles. The van der Waals surface area contributed by atoms with E-state index in [2.05, 4.69) is 16.7 Å². The molecule has 5 heteroatoms.